The first-order valence-corrected chi connectivity index (χ1v) is 9.70. The number of nitro groups is 1. The fourth-order valence-electron chi connectivity index (χ4n) is 3.36. The molecule has 1 unspecified atom stereocenters. The highest BCUT2D eigenvalue weighted by atomic mass is 19.1. The van der Waals surface area contributed by atoms with Crippen LogP contribution in [0.25, 0.3) is 0 Å². The molecule has 31 heavy (non-hydrogen) atoms. The Bertz CT molecular complexity index is 996. The Morgan fingerprint density at radius 1 is 1.13 bits per heavy atom. The molecule has 1 fully saturated rings. The van der Waals surface area contributed by atoms with Crippen molar-refractivity contribution in [1.29, 1.82) is 0 Å². The van der Waals surface area contributed by atoms with Gasteiger partial charge in [0.25, 0.3) is 11.6 Å². The second kappa shape index (κ2) is 9.79. The minimum absolute atomic E-state index is 0.0363. The summed E-state index contributed by atoms with van der Waals surface area (Å²) < 4.78 is 13.0. The number of nitrogens with zero attached hydrogens (tertiary/aromatic N) is 2. The van der Waals surface area contributed by atoms with Crippen molar-refractivity contribution in [3.05, 3.63) is 75.6 Å². The lowest BCUT2D eigenvalue weighted by Gasteiger charge is -2.32. The standard InChI is InChI=1S/C21H21FN4O5/c22-17-8-6-14(7-9-17)11-19(27)25-10-2-4-16(13-25)21(29)24-23-20(28)15-3-1-5-18(12-15)26(30)31/h1,3,5-9,12,16H,2,4,10-11,13H2,(H,23,28)(H,24,29). The van der Waals surface area contributed by atoms with E-state index in [0.29, 0.717) is 24.9 Å². The number of halogens is 1. The third-order valence-electron chi connectivity index (χ3n) is 5.03. The zero-order chi connectivity index (χ0) is 22.4. The monoisotopic (exact) mass is 428 g/mol. The van der Waals surface area contributed by atoms with Gasteiger partial charge in [-0.15, -0.1) is 0 Å². The number of carbonyl (C=O) groups is 3. The first-order chi connectivity index (χ1) is 14.8. The lowest BCUT2D eigenvalue weighted by molar-refractivity contribution is -0.384. The summed E-state index contributed by atoms with van der Waals surface area (Å²) in [6.45, 7) is 0.725. The molecule has 1 saturated heterocycles. The molecule has 0 radical (unpaired) electrons. The quantitative estimate of drug-likeness (QED) is 0.557. The van der Waals surface area contributed by atoms with Gasteiger partial charge in [0, 0.05) is 30.8 Å². The van der Waals surface area contributed by atoms with E-state index in [1.165, 1.54) is 30.3 Å². The normalized spacial score (nSPS) is 15.8. The average molecular weight is 428 g/mol. The molecule has 0 saturated carbocycles. The summed E-state index contributed by atoms with van der Waals surface area (Å²) in [7, 11) is 0. The van der Waals surface area contributed by atoms with Crippen LogP contribution in [0.15, 0.2) is 48.5 Å². The minimum atomic E-state index is -0.683. The number of likely N-dealkylation sites (tertiary alicyclic amines) is 1. The van der Waals surface area contributed by atoms with Crippen LogP contribution in [0.4, 0.5) is 10.1 Å². The fraction of sp³-hybridized carbons (Fsp3) is 0.286. The number of nitrogens with one attached hydrogen (secondary N) is 2. The summed E-state index contributed by atoms with van der Waals surface area (Å²) in [5.74, 6) is -2.17. The highest BCUT2D eigenvalue weighted by Crippen LogP contribution is 2.18. The van der Waals surface area contributed by atoms with E-state index in [4.69, 9.17) is 0 Å². The zero-order valence-corrected chi connectivity index (χ0v) is 16.5. The second-order valence-corrected chi connectivity index (χ2v) is 7.23. The van der Waals surface area contributed by atoms with Crippen LogP contribution in [-0.2, 0) is 16.0 Å². The number of hydrogen-bond acceptors (Lipinski definition) is 5. The number of hydrogen-bond donors (Lipinski definition) is 2. The number of benzene rings is 2. The fourth-order valence-corrected chi connectivity index (χ4v) is 3.36. The SMILES string of the molecule is O=C(NNC(=O)C1CCCN(C(=O)Cc2ccc(F)cc2)C1)c1cccc([N+](=O)[O-])c1. The maximum atomic E-state index is 13.0. The molecule has 2 N–H and O–H groups in total. The molecule has 1 aliphatic heterocycles. The van der Waals surface area contributed by atoms with Crippen molar-refractivity contribution in [1.82, 2.24) is 15.8 Å². The van der Waals surface area contributed by atoms with Gasteiger partial charge < -0.3 is 4.90 Å². The van der Waals surface area contributed by atoms with Crippen molar-refractivity contribution in [2.24, 2.45) is 5.92 Å². The van der Waals surface area contributed by atoms with Gasteiger partial charge in [-0.1, -0.05) is 18.2 Å². The van der Waals surface area contributed by atoms with Crippen LogP contribution in [0, 0.1) is 21.8 Å². The average Bonchev–Trinajstić information content (AvgIpc) is 2.78. The topological polar surface area (TPSA) is 122 Å². The molecule has 1 atom stereocenters. The molecule has 2 aromatic rings. The van der Waals surface area contributed by atoms with E-state index in [1.54, 1.807) is 17.0 Å². The number of non-ortho nitro benzene ring substituents is 1. The van der Waals surface area contributed by atoms with Crippen molar-refractivity contribution in [3.8, 4) is 0 Å². The largest absolute Gasteiger partial charge is 0.342 e. The zero-order valence-electron chi connectivity index (χ0n) is 16.5. The van der Waals surface area contributed by atoms with Crippen molar-refractivity contribution >= 4 is 23.4 Å². The maximum absolute atomic E-state index is 13.0. The summed E-state index contributed by atoms with van der Waals surface area (Å²) in [6, 6.07) is 10.8. The van der Waals surface area contributed by atoms with E-state index in [9.17, 15) is 28.9 Å². The van der Waals surface area contributed by atoms with Crippen LogP contribution in [0.3, 0.4) is 0 Å². The molecule has 2 aromatic carbocycles. The van der Waals surface area contributed by atoms with Gasteiger partial charge in [0.2, 0.25) is 11.8 Å². The lowest BCUT2D eigenvalue weighted by atomic mass is 9.96. The van der Waals surface area contributed by atoms with Crippen LogP contribution in [0.2, 0.25) is 0 Å². The van der Waals surface area contributed by atoms with Crippen molar-refractivity contribution in [2.75, 3.05) is 13.1 Å². The molecule has 0 bridgehead atoms. The highest BCUT2D eigenvalue weighted by molar-refractivity contribution is 5.96. The number of rotatable bonds is 5. The van der Waals surface area contributed by atoms with Gasteiger partial charge in [0.15, 0.2) is 0 Å². The highest BCUT2D eigenvalue weighted by Gasteiger charge is 2.28. The number of carbonyl (C=O) groups excluding carboxylic acids is 3. The summed E-state index contributed by atoms with van der Waals surface area (Å²) in [5, 5.41) is 10.8. The van der Waals surface area contributed by atoms with Crippen LogP contribution in [0.5, 0.6) is 0 Å². The van der Waals surface area contributed by atoms with Gasteiger partial charge in [-0.05, 0) is 36.6 Å². The molecule has 10 heteroatoms. The first-order valence-electron chi connectivity index (χ1n) is 9.70. The smallest absolute Gasteiger partial charge is 0.270 e. The van der Waals surface area contributed by atoms with Crippen LogP contribution in [0.1, 0.15) is 28.8 Å². The molecule has 0 aromatic heterocycles. The summed E-state index contributed by atoms with van der Waals surface area (Å²) in [6.07, 6.45) is 1.29. The van der Waals surface area contributed by atoms with Gasteiger partial charge in [-0.25, -0.2) is 4.39 Å². The van der Waals surface area contributed by atoms with Gasteiger partial charge >= 0.3 is 0 Å². The predicted molar refractivity (Wildman–Crippen MR) is 108 cm³/mol. The Balaban J connectivity index is 1.52. The third kappa shape index (κ3) is 5.84. The molecule has 1 heterocycles. The molecule has 162 valence electrons. The number of piperidine rings is 1. The molecular weight excluding hydrogens is 407 g/mol. The molecule has 3 amide bonds. The summed E-state index contributed by atoms with van der Waals surface area (Å²) in [5.41, 5.74) is 5.06. The van der Waals surface area contributed by atoms with Crippen LogP contribution < -0.4 is 10.9 Å². The van der Waals surface area contributed by atoms with E-state index < -0.39 is 22.7 Å². The predicted octanol–water partition coefficient (Wildman–Crippen LogP) is 1.98. The van der Waals surface area contributed by atoms with Gasteiger partial charge in [0.1, 0.15) is 5.82 Å². The van der Waals surface area contributed by atoms with E-state index in [1.807, 2.05) is 0 Å². The number of hydrazine groups is 1. The Morgan fingerprint density at radius 2 is 1.87 bits per heavy atom. The Labute approximate surface area is 177 Å². The van der Waals surface area contributed by atoms with Crippen LogP contribution in [-0.4, -0.2) is 40.6 Å². The first kappa shape index (κ1) is 21.9. The van der Waals surface area contributed by atoms with E-state index >= 15 is 0 Å². The summed E-state index contributed by atoms with van der Waals surface area (Å²) in [4.78, 5) is 48.9. The Hall–Kier alpha value is -3.82. The maximum Gasteiger partial charge on any atom is 0.270 e. The van der Waals surface area contributed by atoms with Crippen molar-refractivity contribution < 1.29 is 23.7 Å². The second-order valence-electron chi connectivity index (χ2n) is 7.23. The number of amides is 3. The van der Waals surface area contributed by atoms with Gasteiger partial charge in [-0.3, -0.25) is 35.3 Å². The van der Waals surface area contributed by atoms with Crippen molar-refractivity contribution in [2.45, 2.75) is 19.3 Å². The third-order valence-corrected chi connectivity index (χ3v) is 5.03. The minimum Gasteiger partial charge on any atom is -0.342 e. The molecule has 0 aliphatic carbocycles. The van der Waals surface area contributed by atoms with E-state index in [0.717, 1.165) is 6.07 Å². The van der Waals surface area contributed by atoms with Crippen molar-refractivity contribution in [3.63, 3.8) is 0 Å². The molecular formula is C21H21FN4O5. The Kier molecular flexibility index (Phi) is 6.91. The molecule has 9 nitrogen and oxygen atoms in total. The molecule has 1 aliphatic rings. The van der Waals surface area contributed by atoms with E-state index in [-0.39, 0.29) is 35.9 Å². The van der Waals surface area contributed by atoms with Crippen LogP contribution >= 0.6 is 0 Å². The Morgan fingerprint density at radius 3 is 2.58 bits per heavy atom. The van der Waals surface area contributed by atoms with Gasteiger partial charge in [-0.2, -0.15) is 0 Å². The summed E-state index contributed by atoms with van der Waals surface area (Å²) >= 11 is 0. The molecule has 3 rings (SSSR count). The van der Waals surface area contributed by atoms with Gasteiger partial charge in [0.05, 0.1) is 17.3 Å². The lowest BCUT2D eigenvalue weighted by Crippen LogP contribution is -2.50. The number of nitro benzene ring substituents is 1. The molecule has 0 spiro atoms. The van der Waals surface area contributed by atoms with E-state index in [2.05, 4.69) is 10.9 Å².